The van der Waals surface area contributed by atoms with Crippen LogP contribution in [-0.2, 0) is 0 Å². The number of H-pyrrole nitrogens is 1. The molecule has 0 bridgehead atoms. The third-order valence-electron chi connectivity index (χ3n) is 2.12. The van der Waals surface area contributed by atoms with Crippen LogP contribution in [0.1, 0.15) is 12.8 Å². The van der Waals surface area contributed by atoms with E-state index in [0.29, 0.717) is 10.8 Å². The molecule has 0 amide bonds. The molecule has 4 nitrogen and oxygen atoms in total. The predicted molar refractivity (Wildman–Crippen MR) is 49.5 cm³/mol. The van der Waals surface area contributed by atoms with Crippen LogP contribution in [0.3, 0.4) is 0 Å². The first-order valence-electron chi connectivity index (χ1n) is 4.03. The molecule has 2 rings (SSSR count). The van der Waals surface area contributed by atoms with Crippen LogP contribution in [0.4, 0.5) is 11.6 Å². The molecule has 0 radical (unpaired) electrons. The van der Waals surface area contributed by atoms with Gasteiger partial charge in [0.25, 0.3) is 0 Å². The van der Waals surface area contributed by atoms with Crippen molar-refractivity contribution in [1.29, 1.82) is 0 Å². The first-order chi connectivity index (χ1) is 5.79. The van der Waals surface area contributed by atoms with Crippen LogP contribution in [0.5, 0.6) is 0 Å². The van der Waals surface area contributed by atoms with Crippen molar-refractivity contribution >= 4 is 23.2 Å². The lowest BCUT2D eigenvalue weighted by Gasteiger charge is -2.13. The quantitative estimate of drug-likeness (QED) is 0.694. The number of hydrogen-bond donors (Lipinski definition) is 2. The fraction of sp³-hybridized carbons (Fsp3) is 0.571. The molecule has 1 fully saturated rings. The van der Waals surface area contributed by atoms with Crippen molar-refractivity contribution in [1.82, 2.24) is 10.2 Å². The second-order valence-corrected chi connectivity index (χ2v) is 3.35. The number of nitrogens with one attached hydrogen (secondary N) is 1. The van der Waals surface area contributed by atoms with Crippen molar-refractivity contribution in [2.24, 2.45) is 0 Å². The van der Waals surface area contributed by atoms with Crippen LogP contribution in [0.25, 0.3) is 0 Å². The summed E-state index contributed by atoms with van der Waals surface area (Å²) in [5, 5.41) is 7.26. The Bertz CT molecular complexity index is 277. The molecule has 2 heterocycles. The lowest BCUT2D eigenvalue weighted by molar-refractivity contribution is 0.921. The summed E-state index contributed by atoms with van der Waals surface area (Å²) in [6.07, 6.45) is 2.42. The number of anilines is 2. The van der Waals surface area contributed by atoms with Crippen molar-refractivity contribution < 1.29 is 0 Å². The average Bonchev–Trinajstić information content (AvgIpc) is 2.64. The molecular formula is C7H11ClN4. The first kappa shape index (κ1) is 7.73. The molecule has 0 spiro atoms. The topological polar surface area (TPSA) is 57.9 Å². The van der Waals surface area contributed by atoms with Gasteiger partial charge in [-0.1, -0.05) is 11.6 Å². The van der Waals surface area contributed by atoms with Crippen molar-refractivity contribution in [3.05, 3.63) is 5.02 Å². The summed E-state index contributed by atoms with van der Waals surface area (Å²) in [7, 11) is 0. The molecule has 1 aliphatic rings. The van der Waals surface area contributed by atoms with Gasteiger partial charge in [0.15, 0.2) is 5.82 Å². The van der Waals surface area contributed by atoms with E-state index in [1.165, 1.54) is 12.8 Å². The third-order valence-corrected chi connectivity index (χ3v) is 2.49. The SMILES string of the molecule is Nc1[nH]nc(N2CCCC2)c1Cl. The summed E-state index contributed by atoms with van der Waals surface area (Å²) in [5.74, 6) is 1.25. The molecular weight excluding hydrogens is 176 g/mol. The lowest BCUT2D eigenvalue weighted by atomic mass is 10.4. The van der Waals surface area contributed by atoms with Gasteiger partial charge in [0.1, 0.15) is 10.8 Å². The molecule has 1 aromatic rings. The van der Waals surface area contributed by atoms with Crippen LogP contribution in [0.2, 0.25) is 5.02 Å². The Labute approximate surface area is 75.7 Å². The van der Waals surface area contributed by atoms with E-state index in [2.05, 4.69) is 15.1 Å². The maximum Gasteiger partial charge on any atom is 0.171 e. The van der Waals surface area contributed by atoms with Crippen molar-refractivity contribution in [3.63, 3.8) is 0 Å². The second kappa shape index (κ2) is 2.86. The zero-order valence-corrected chi connectivity index (χ0v) is 7.43. The summed E-state index contributed by atoms with van der Waals surface area (Å²) in [5.41, 5.74) is 5.53. The predicted octanol–water partition coefficient (Wildman–Crippen LogP) is 1.25. The summed E-state index contributed by atoms with van der Waals surface area (Å²) < 4.78 is 0. The molecule has 1 aromatic heterocycles. The van der Waals surface area contributed by atoms with E-state index in [0.717, 1.165) is 18.9 Å². The fourth-order valence-electron chi connectivity index (χ4n) is 1.47. The second-order valence-electron chi connectivity index (χ2n) is 2.97. The number of nitrogens with zero attached hydrogens (tertiary/aromatic N) is 2. The molecule has 5 heteroatoms. The molecule has 3 N–H and O–H groups in total. The Balaban J connectivity index is 2.26. The van der Waals surface area contributed by atoms with Crippen LogP contribution < -0.4 is 10.6 Å². The molecule has 1 saturated heterocycles. The highest BCUT2D eigenvalue weighted by atomic mass is 35.5. The summed E-state index contributed by atoms with van der Waals surface area (Å²) in [6.45, 7) is 2.06. The minimum absolute atomic E-state index is 0.457. The maximum absolute atomic E-state index is 5.93. The molecule has 12 heavy (non-hydrogen) atoms. The minimum Gasteiger partial charge on any atom is -0.383 e. The van der Waals surface area contributed by atoms with Crippen LogP contribution >= 0.6 is 11.6 Å². The van der Waals surface area contributed by atoms with Crippen molar-refractivity contribution in [3.8, 4) is 0 Å². The van der Waals surface area contributed by atoms with Gasteiger partial charge >= 0.3 is 0 Å². The van der Waals surface area contributed by atoms with Gasteiger partial charge in [-0.05, 0) is 12.8 Å². The highest BCUT2D eigenvalue weighted by molar-refractivity contribution is 6.35. The number of aromatic nitrogens is 2. The Morgan fingerprint density at radius 3 is 2.58 bits per heavy atom. The van der Waals surface area contributed by atoms with Crippen molar-refractivity contribution in [2.45, 2.75) is 12.8 Å². The Morgan fingerprint density at radius 1 is 1.42 bits per heavy atom. The smallest absolute Gasteiger partial charge is 0.171 e. The van der Waals surface area contributed by atoms with Gasteiger partial charge in [-0.15, -0.1) is 0 Å². The van der Waals surface area contributed by atoms with E-state index in [1.54, 1.807) is 0 Å². The van der Waals surface area contributed by atoms with E-state index in [4.69, 9.17) is 17.3 Å². The number of aromatic amines is 1. The number of hydrogen-bond acceptors (Lipinski definition) is 3. The minimum atomic E-state index is 0.457. The summed E-state index contributed by atoms with van der Waals surface area (Å²) in [6, 6.07) is 0. The molecule has 66 valence electrons. The normalized spacial score (nSPS) is 17.2. The largest absolute Gasteiger partial charge is 0.383 e. The van der Waals surface area contributed by atoms with E-state index < -0.39 is 0 Å². The fourth-order valence-corrected chi connectivity index (χ4v) is 1.67. The number of nitrogen functional groups attached to an aromatic ring is 1. The third kappa shape index (κ3) is 1.12. The van der Waals surface area contributed by atoms with Gasteiger partial charge in [0.2, 0.25) is 0 Å². The van der Waals surface area contributed by atoms with Gasteiger partial charge in [-0.25, -0.2) is 0 Å². The monoisotopic (exact) mass is 186 g/mol. The van der Waals surface area contributed by atoms with Gasteiger partial charge < -0.3 is 10.6 Å². The van der Waals surface area contributed by atoms with E-state index in [1.807, 2.05) is 0 Å². The maximum atomic E-state index is 5.93. The summed E-state index contributed by atoms with van der Waals surface area (Å²) >= 11 is 5.93. The van der Waals surface area contributed by atoms with Crippen LogP contribution in [0, 0.1) is 0 Å². The van der Waals surface area contributed by atoms with Gasteiger partial charge in [-0.2, -0.15) is 5.10 Å². The molecule has 0 atom stereocenters. The van der Waals surface area contributed by atoms with E-state index >= 15 is 0 Å². The first-order valence-corrected chi connectivity index (χ1v) is 4.41. The average molecular weight is 187 g/mol. The number of halogens is 1. The van der Waals surface area contributed by atoms with Gasteiger partial charge in [-0.3, -0.25) is 5.10 Å². The zero-order valence-electron chi connectivity index (χ0n) is 6.68. The Kier molecular flexibility index (Phi) is 1.84. The van der Waals surface area contributed by atoms with Crippen LogP contribution in [0.15, 0.2) is 0 Å². The highest BCUT2D eigenvalue weighted by Gasteiger charge is 2.18. The zero-order chi connectivity index (χ0) is 8.55. The molecule has 0 saturated carbocycles. The Hall–Kier alpha value is -0.900. The van der Waals surface area contributed by atoms with Crippen LogP contribution in [-0.4, -0.2) is 23.3 Å². The van der Waals surface area contributed by atoms with E-state index in [9.17, 15) is 0 Å². The highest BCUT2D eigenvalue weighted by Crippen LogP contribution is 2.29. The number of rotatable bonds is 1. The van der Waals surface area contributed by atoms with E-state index in [-0.39, 0.29) is 0 Å². The summed E-state index contributed by atoms with van der Waals surface area (Å²) in [4.78, 5) is 2.15. The van der Waals surface area contributed by atoms with Gasteiger partial charge in [0.05, 0.1) is 0 Å². The standard InChI is InChI=1S/C7H11ClN4/c8-5-6(9)10-11-7(5)12-3-1-2-4-12/h1-4H2,(H3,9,10,11). The van der Waals surface area contributed by atoms with Crippen molar-refractivity contribution in [2.75, 3.05) is 23.7 Å². The lowest BCUT2D eigenvalue weighted by Crippen LogP contribution is -2.18. The molecule has 0 aromatic carbocycles. The number of nitrogens with two attached hydrogens (primary N) is 1. The molecule has 1 aliphatic heterocycles. The molecule has 0 unspecified atom stereocenters. The Morgan fingerprint density at radius 2 is 2.08 bits per heavy atom. The van der Waals surface area contributed by atoms with Gasteiger partial charge in [0, 0.05) is 13.1 Å². The molecule has 0 aliphatic carbocycles.